The fraction of sp³-hybridized carbons (Fsp3) is 0.625. The Morgan fingerprint density at radius 1 is 1.21 bits per heavy atom. The average Bonchev–Trinajstić information content (AvgIpc) is 2.20. The number of nitrogens with two attached hydrogens (primary N) is 1. The van der Waals surface area contributed by atoms with E-state index in [1.165, 1.54) is 6.42 Å². The van der Waals surface area contributed by atoms with Crippen molar-refractivity contribution >= 4 is 23.2 Å². The van der Waals surface area contributed by atoms with Crippen LogP contribution in [0.3, 0.4) is 0 Å². The van der Waals surface area contributed by atoms with E-state index in [1.54, 1.807) is 6.07 Å². The summed E-state index contributed by atoms with van der Waals surface area (Å²) in [5.74, 6) is 0.618. The van der Waals surface area contributed by atoms with Crippen molar-refractivity contribution in [2.24, 2.45) is 17.1 Å². The molecule has 1 aromatic carbocycles. The molecule has 1 aromatic rings. The smallest absolute Gasteiger partial charge is 0.0439 e. The van der Waals surface area contributed by atoms with Crippen molar-refractivity contribution in [1.82, 2.24) is 0 Å². The van der Waals surface area contributed by atoms with Crippen molar-refractivity contribution in [3.63, 3.8) is 0 Å². The Labute approximate surface area is 127 Å². The Balaban J connectivity index is 2.55. The van der Waals surface area contributed by atoms with Gasteiger partial charge in [0.05, 0.1) is 0 Å². The van der Waals surface area contributed by atoms with Gasteiger partial charge in [-0.1, -0.05) is 50.9 Å². The van der Waals surface area contributed by atoms with Crippen LogP contribution in [0.15, 0.2) is 18.2 Å². The number of hydrogen-bond acceptors (Lipinski definition) is 1. The third kappa shape index (κ3) is 6.65. The maximum atomic E-state index is 6.24. The van der Waals surface area contributed by atoms with Crippen molar-refractivity contribution in [1.29, 1.82) is 0 Å². The third-order valence-corrected chi connectivity index (χ3v) is 3.76. The third-order valence-electron chi connectivity index (χ3n) is 3.16. The highest BCUT2D eigenvalue weighted by atomic mass is 35.5. The molecular weight excluding hydrogens is 277 g/mol. The summed E-state index contributed by atoms with van der Waals surface area (Å²) < 4.78 is 0. The number of benzene rings is 1. The van der Waals surface area contributed by atoms with Gasteiger partial charge in [0.2, 0.25) is 0 Å². The minimum absolute atomic E-state index is 0.133. The lowest BCUT2D eigenvalue weighted by atomic mass is 9.82. The van der Waals surface area contributed by atoms with E-state index in [0.29, 0.717) is 16.4 Å². The molecule has 19 heavy (non-hydrogen) atoms. The van der Waals surface area contributed by atoms with Gasteiger partial charge in [0.15, 0.2) is 0 Å². The molecule has 0 fully saturated rings. The van der Waals surface area contributed by atoms with Gasteiger partial charge in [0.1, 0.15) is 0 Å². The number of rotatable bonds is 5. The molecule has 0 aliphatic rings. The second kappa shape index (κ2) is 6.97. The lowest BCUT2D eigenvalue weighted by molar-refractivity contribution is 0.285. The maximum Gasteiger partial charge on any atom is 0.0439 e. The van der Waals surface area contributed by atoms with Crippen LogP contribution in [0.2, 0.25) is 10.0 Å². The second-order valence-corrected chi connectivity index (χ2v) is 7.65. The van der Waals surface area contributed by atoms with Crippen LogP contribution in [0.1, 0.15) is 46.1 Å². The molecule has 2 N–H and O–H groups in total. The van der Waals surface area contributed by atoms with Gasteiger partial charge in [-0.15, -0.1) is 0 Å². The van der Waals surface area contributed by atoms with Crippen molar-refractivity contribution in [3.8, 4) is 0 Å². The summed E-state index contributed by atoms with van der Waals surface area (Å²) in [7, 11) is 0. The van der Waals surface area contributed by atoms with Crippen LogP contribution in [-0.2, 0) is 6.42 Å². The SMILES string of the molecule is CC(CC(N)Cc1cc(Cl)ccc1Cl)CC(C)(C)C. The first-order valence-corrected chi connectivity index (χ1v) is 7.62. The molecule has 0 spiro atoms. The fourth-order valence-corrected chi connectivity index (χ4v) is 3.10. The topological polar surface area (TPSA) is 26.0 Å². The van der Waals surface area contributed by atoms with Gasteiger partial charge < -0.3 is 5.73 Å². The van der Waals surface area contributed by atoms with E-state index in [-0.39, 0.29) is 6.04 Å². The van der Waals surface area contributed by atoms with Gasteiger partial charge in [-0.25, -0.2) is 0 Å². The minimum atomic E-state index is 0.133. The zero-order chi connectivity index (χ0) is 14.6. The van der Waals surface area contributed by atoms with Gasteiger partial charge in [-0.05, 0) is 54.4 Å². The van der Waals surface area contributed by atoms with Gasteiger partial charge in [-0.2, -0.15) is 0 Å². The lowest BCUT2D eigenvalue weighted by Gasteiger charge is -2.25. The molecule has 0 aromatic heterocycles. The minimum Gasteiger partial charge on any atom is -0.327 e. The number of hydrogen-bond donors (Lipinski definition) is 1. The quantitative estimate of drug-likeness (QED) is 0.782. The van der Waals surface area contributed by atoms with Gasteiger partial charge in [0.25, 0.3) is 0 Å². The van der Waals surface area contributed by atoms with Crippen LogP contribution < -0.4 is 5.73 Å². The summed E-state index contributed by atoms with van der Waals surface area (Å²) in [6.07, 6.45) is 2.98. The summed E-state index contributed by atoms with van der Waals surface area (Å²) in [5.41, 5.74) is 7.64. The molecule has 0 saturated carbocycles. The molecule has 3 heteroatoms. The first-order chi connectivity index (χ1) is 8.67. The predicted octanol–water partition coefficient (Wildman–Crippen LogP) is 5.33. The molecule has 0 saturated heterocycles. The Hall–Kier alpha value is -0.240. The van der Waals surface area contributed by atoms with Crippen molar-refractivity contribution < 1.29 is 0 Å². The van der Waals surface area contributed by atoms with Crippen LogP contribution in [-0.4, -0.2) is 6.04 Å². The molecule has 2 atom stereocenters. The van der Waals surface area contributed by atoms with Gasteiger partial charge in [-0.3, -0.25) is 0 Å². The highest BCUT2D eigenvalue weighted by Crippen LogP contribution is 2.28. The summed E-state index contributed by atoms with van der Waals surface area (Å²) in [6.45, 7) is 9.07. The van der Waals surface area contributed by atoms with Crippen LogP contribution >= 0.6 is 23.2 Å². The van der Waals surface area contributed by atoms with Gasteiger partial charge in [0, 0.05) is 16.1 Å². The van der Waals surface area contributed by atoms with Crippen molar-refractivity contribution in [2.75, 3.05) is 0 Å². The normalized spacial score (nSPS) is 15.3. The fourth-order valence-electron chi connectivity index (χ4n) is 2.71. The maximum absolute atomic E-state index is 6.24. The highest BCUT2D eigenvalue weighted by molar-refractivity contribution is 6.33. The van der Waals surface area contributed by atoms with Crippen molar-refractivity contribution in [3.05, 3.63) is 33.8 Å². The van der Waals surface area contributed by atoms with Gasteiger partial charge >= 0.3 is 0 Å². The average molecular weight is 302 g/mol. The lowest BCUT2D eigenvalue weighted by Crippen LogP contribution is -2.27. The van der Waals surface area contributed by atoms with Crippen LogP contribution in [0, 0.1) is 11.3 Å². The largest absolute Gasteiger partial charge is 0.327 e. The zero-order valence-electron chi connectivity index (χ0n) is 12.3. The predicted molar refractivity (Wildman–Crippen MR) is 86.0 cm³/mol. The molecule has 108 valence electrons. The summed E-state index contributed by atoms with van der Waals surface area (Å²) in [6, 6.07) is 5.69. The second-order valence-electron chi connectivity index (χ2n) is 6.81. The standard InChI is InChI=1S/C16H25Cl2N/c1-11(10-16(2,3)4)7-14(19)9-12-8-13(17)5-6-15(12)18/h5-6,8,11,14H,7,9-10,19H2,1-4H3. The molecule has 2 unspecified atom stereocenters. The number of halogens is 2. The van der Waals surface area contributed by atoms with Crippen molar-refractivity contribution in [2.45, 2.75) is 53.0 Å². The highest BCUT2D eigenvalue weighted by Gasteiger charge is 2.18. The van der Waals surface area contributed by atoms with E-state index >= 15 is 0 Å². The molecule has 0 bridgehead atoms. The molecule has 1 nitrogen and oxygen atoms in total. The van der Waals surface area contributed by atoms with E-state index in [0.717, 1.165) is 23.4 Å². The van der Waals surface area contributed by atoms with E-state index in [2.05, 4.69) is 27.7 Å². The van der Waals surface area contributed by atoms with Crippen LogP contribution in [0.4, 0.5) is 0 Å². The molecule has 0 aliphatic carbocycles. The molecule has 0 amide bonds. The molecule has 0 heterocycles. The Morgan fingerprint density at radius 2 is 1.84 bits per heavy atom. The summed E-state index contributed by atoms with van der Waals surface area (Å²) in [4.78, 5) is 0. The first-order valence-electron chi connectivity index (χ1n) is 6.87. The van der Waals surface area contributed by atoms with E-state index < -0.39 is 0 Å². The summed E-state index contributed by atoms with van der Waals surface area (Å²) in [5, 5.41) is 1.47. The molecule has 0 radical (unpaired) electrons. The van der Waals surface area contributed by atoms with E-state index in [1.807, 2.05) is 12.1 Å². The Bertz CT molecular complexity index is 410. The van der Waals surface area contributed by atoms with Crippen LogP contribution in [0.5, 0.6) is 0 Å². The Morgan fingerprint density at radius 3 is 2.42 bits per heavy atom. The van der Waals surface area contributed by atoms with E-state index in [9.17, 15) is 0 Å². The molecular formula is C16H25Cl2N. The zero-order valence-corrected chi connectivity index (χ0v) is 13.9. The van der Waals surface area contributed by atoms with Crippen LogP contribution in [0.25, 0.3) is 0 Å². The summed E-state index contributed by atoms with van der Waals surface area (Å²) >= 11 is 12.2. The monoisotopic (exact) mass is 301 g/mol. The first kappa shape index (κ1) is 16.8. The molecule has 0 aliphatic heterocycles. The Kier molecular flexibility index (Phi) is 6.16. The van der Waals surface area contributed by atoms with E-state index in [4.69, 9.17) is 28.9 Å². The molecule has 1 rings (SSSR count).